The molecule has 0 aromatic heterocycles. The summed E-state index contributed by atoms with van der Waals surface area (Å²) in [6.45, 7) is 0.959. The molecule has 0 fully saturated rings. The zero-order valence-corrected chi connectivity index (χ0v) is 8.04. The summed E-state index contributed by atoms with van der Waals surface area (Å²) in [4.78, 5) is 0. The molecule has 1 N–H and O–H groups in total. The summed E-state index contributed by atoms with van der Waals surface area (Å²) in [5.74, 6) is 0. The van der Waals surface area contributed by atoms with Gasteiger partial charge in [-0.05, 0) is 12.6 Å². The minimum absolute atomic E-state index is 0. The number of rotatable bonds is 2. The van der Waals surface area contributed by atoms with Crippen molar-refractivity contribution in [3.05, 3.63) is 35.9 Å². The summed E-state index contributed by atoms with van der Waals surface area (Å²) in [6.07, 6.45) is 0. The average molecular weight is 194 g/mol. The summed E-state index contributed by atoms with van der Waals surface area (Å²) in [5.41, 5.74) is 1.33. The maximum atomic E-state index is 3.08. The molecule has 0 amide bonds. The molecule has 0 aliphatic rings. The molecule has 1 aromatic carbocycles. The highest BCUT2D eigenvalue weighted by Gasteiger charge is 1.83. The molecule has 1 nitrogen and oxygen atoms in total. The average Bonchev–Trinajstić information content (AvgIpc) is 1.91. The van der Waals surface area contributed by atoms with Crippen LogP contribution in [0.5, 0.6) is 0 Å². The maximum Gasteiger partial charge on any atom is 0.0202 e. The fraction of sp³-hybridized carbons (Fsp3) is 0.250. The van der Waals surface area contributed by atoms with Crippen LogP contribution in [0.15, 0.2) is 30.3 Å². The smallest absolute Gasteiger partial charge is 0.0202 e. The van der Waals surface area contributed by atoms with Gasteiger partial charge in [-0.3, -0.25) is 0 Å². The number of hydrogen-bond donors (Lipinski definition) is 1. The number of halogens is 2. The molecule has 0 spiro atoms. The molecule has 3 heteroatoms. The van der Waals surface area contributed by atoms with Crippen LogP contribution in [0.4, 0.5) is 0 Å². The van der Waals surface area contributed by atoms with Crippen molar-refractivity contribution in [3.8, 4) is 0 Å². The van der Waals surface area contributed by atoms with E-state index < -0.39 is 0 Å². The predicted molar refractivity (Wildman–Crippen MR) is 53.7 cm³/mol. The topological polar surface area (TPSA) is 12.0 Å². The summed E-state index contributed by atoms with van der Waals surface area (Å²) in [7, 11) is 1.95. The van der Waals surface area contributed by atoms with Gasteiger partial charge in [0.05, 0.1) is 0 Å². The molecule has 0 aliphatic carbocycles. The lowest BCUT2D eigenvalue weighted by molar-refractivity contribution is 0.818. The third-order valence-corrected chi connectivity index (χ3v) is 1.22. The molecular weight excluding hydrogens is 181 g/mol. The van der Waals surface area contributed by atoms with Crippen molar-refractivity contribution in [2.24, 2.45) is 0 Å². The van der Waals surface area contributed by atoms with Gasteiger partial charge in [-0.1, -0.05) is 30.3 Å². The molecule has 0 aliphatic heterocycles. The predicted octanol–water partition coefficient (Wildman–Crippen LogP) is 2.25. The van der Waals surface area contributed by atoms with Gasteiger partial charge in [0.2, 0.25) is 0 Å². The molecule has 0 heterocycles. The second kappa shape index (κ2) is 7.86. The first kappa shape index (κ1) is 13.4. The summed E-state index contributed by atoms with van der Waals surface area (Å²) in [5, 5.41) is 3.08. The van der Waals surface area contributed by atoms with Crippen molar-refractivity contribution >= 4 is 24.8 Å². The van der Waals surface area contributed by atoms with Gasteiger partial charge in [-0.15, -0.1) is 24.8 Å². The van der Waals surface area contributed by atoms with E-state index in [1.807, 2.05) is 25.2 Å². The first-order valence-corrected chi connectivity index (χ1v) is 3.12. The summed E-state index contributed by atoms with van der Waals surface area (Å²) < 4.78 is 0. The molecule has 0 saturated heterocycles. The molecule has 11 heavy (non-hydrogen) atoms. The monoisotopic (exact) mass is 193 g/mol. The Labute approximate surface area is 80.0 Å². The highest BCUT2D eigenvalue weighted by atomic mass is 35.5. The Kier molecular flexibility index (Phi) is 9.55. The van der Waals surface area contributed by atoms with E-state index in [1.165, 1.54) is 5.56 Å². The molecule has 1 rings (SSSR count). The van der Waals surface area contributed by atoms with Gasteiger partial charge in [0.15, 0.2) is 0 Å². The minimum atomic E-state index is 0. The third kappa shape index (κ3) is 5.08. The first-order chi connectivity index (χ1) is 4.43. The van der Waals surface area contributed by atoms with E-state index in [4.69, 9.17) is 0 Å². The Bertz CT molecular complexity index is 165. The molecule has 0 atom stereocenters. The van der Waals surface area contributed by atoms with Crippen LogP contribution >= 0.6 is 24.8 Å². The van der Waals surface area contributed by atoms with Crippen LogP contribution in [0.2, 0.25) is 0 Å². The fourth-order valence-electron chi connectivity index (χ4n) is 0.800. The Morgan fingerprint density at radius 1 is 1.09 bits per heavy atom. The molecule has 0 radical (unpaired) electrons. The van der Waals surface area contributed by atoms with Crippen LogP contribution in [-0.2, 0) is 6.54 Å². The van der Waals surface area contributed by atoms with E-state index in [2.05, 4.69) is 17.4 Å². The molecule has 0 unspecified atom stereocenters. The Hall–Kier alpha value is -0.240. The number of hydrogen-bond acceptors (Lipinski definition) is 1. The maximum absolute atomic E-state index is 3.08. The lowest BCUT2D eigenvalue weighted by atomic mass is 10.2. The van der Waals surface area contributed by atoms with E-state index in [-0.39, 0.29) is 24.8 Å². The van der Waals surface area contributed by atoms with Crippen LogP contribution in [-0.4, -0.2) is 7.05 Å². The van der Waals surface area contributed by atoms with Gasteiger partial charge in [0.1, 0.15) is 0 Å². The SMILES string of the molecule is CNCc1ccccc1.Cl.Cl. The van der Waals surface area contributed by atoms with Crippen molar-refractivity contribution in [2.75, 3.05) is 7.05 Å². The van der Waals surface area contributed by atoms with Gasteiger partial charge in [-0.2, -0.15) is 0 Å². The van der Waals surface area contributed by atoms with Crippen molar-refractivity contribution < 1.29 is 0 Å². The zero-order chi connectivity index (χ0) is 6.53. The quantitative estimate of drug-likeness (QED) is 0.761. The third-order valence-electron chi connectivity index (χ3n) is 1.22. The Morgan fingerprint density at radius 2 is 1.64 bits per heavy atom. The molecule has 0 saturated carbocycles. The van der Waals surface area contributed by atoms with Crippen LogP contribution in [0.25, 0.3) is 0 Å². The van der Waals surface area contributed by atoms with Crippen LogP contribution < -0.4 is 5.32 Å². The zero-order valence-electron chi connectivity index (χ0n) is 6.41. The van der Waals surface area contributed by atoms with Gasteiger partial charge in [-0.25, -0.2) is 0 Å². The normalized spacial score (nSPS) is 7.73. The van der Waals surface area contributed by atoms with E-state index in [9.17, 15) is 0 Å². The van der Waals surface area contributed by atoms with Gasteiger partial charge in [0.25, 0.3) is 0 Å². The molecule has 64 valence electrons. The van der Waals surface area contributed by atoms with Crippen LogP contribution in [0, 0.1) is 0 Å². The van der Waals surface area contributed by atoms with Crippen LogP contribution in [0.3, 0.4) is 0 Å². The lowest BCUT2D eigenvalue weighted by Gasteiger charge is -1.95. The van der Waals surface area contributed by atoms with Crippen molar-refractivity contribution in [1.29, 1.82) is 0 Å². The summed E-state index contributed by atoms with van der Waals surface area (Å²) >= 11 is 0. The van der Waals surface area contributed by atoms with Gasteiger partial charge in [0, 0.05) is 6.54 Å². The number of benzene rings is 1. The van der Waals surface area contributed by atoms with Crippen LogP contribution in [0.1, 0.15) is 5.56 Å². The van der Waals surface area contributed by atoms with Gasteiger partial charge < -0.3 is 5.32 Å². The second-order valence-electron chi connectivity index (χ2n) is 2.02. The summed E-state index contributed by atoms with van der Waals surface area (Å²) in [6, 6.07) is 10.3. The number of nitrogens with one attached hydrogen (secondary N) is 1. The first-order valence-electron chi connectivity index (χ1n) is 3.12. The van der Waals surface area contributed by atoms with Gasteiger partial charge >= 0.3 is 0 Å². The van der Waals surface area contributed by atoms with Crippen molar-refractivity contribution in [2.45, 2.75) is 6.54 Å². The molecule has 1 aromatic rings. The highest BCUT2D eigenvalue weighted by Crippen LogP contribution is 1.95. The molecular formula is C8H13Cl2N. The van der Waals surface area contributed by atoms with Crippen molar-refractivity contribution in [1.82, 2.24) is 5.32 Å². The lowest BCUT2D eigenvalue weighted by Crippen LogP contribution is -2.04. The van der Waals surface area contributed by atoms with E-state index >= 15 is 0 Å². The van der Waals surface area contributed by atoms with E-state index in [0.717, 1.165) is 6.54 Å². The van der Waals surface area contributed by atoms with E-state index in [1.54, 1.807) is 0 Å². The van der Waals surface area contributed by atoms with Crippen molar-refractivity contribution in [3.63, 3.8) is 0 Å². The fourth-order valence-corrected chi connectivity index (χ4v) is 0.800. The molecule has 0 bridgehead atoms. The van der Waals surface area contributed by atoms with E-state index in [0.29, 0.717) is 0 Å². The largest absolute Gasteiger partial charge is 0.316 e. The Balaban J connectivity index is 0. The minimum Gasteiger partial charge on any atom is -0.316 e. The highest BCUT2D eigenvalue weighted by molar-refractivity contribution is 5.85. The standard InChI is InChI=1S/C8H11N.2ClH/c1-9-7-8-5-3-2-4-6-8;;/h2-6,9H,7H2,1H3;2*1H. The Morgan fingerprint density at radius 3 is 2.09 bits per heavy atom. The second-order valence-corrected chi connectivity index (χ2v) is 2.02.